The first-order chi connectivity index (χ1) is 8.95. The average Bonchev–Trinajstić information content (AvgIpc) is 2.38. The molecule has 0 fully saturated rings. The van der Waals surface area contributed by atoms with Gasteiger partial charge in [0.1, 0.15) is 0 Å². The van der Waals surface area contributed by atoms with E-state index >= 15 is 0 Å². The maximum Gasteiger partial charge on any atom is 0.253 e. The Morgan fingerprint density at radius 2 is 1.89 bits per heavy atom. The highest BCUT2D eigenvalue weighted by Crippen LogP contribution is 2.15. The molecule has 0 N–H and O–H groups in total. The number of alkyl halides is 1. The summed E-state index contributed by atoms with van der Waals surface area (Å²) >= 11 is 6.06. The zero-order valence-corrected chi connectivity index (χ0v) is 12.8. The average molecular weight is 284 g/mol. The summed E-state index contributed by atoms with van der Waals surface area (Å²) in [4.78, 5) is 13.8. The van der Waals surface area contributed by atoms with Gasteiger partial charge >= 0.3 is 0 Å². The van der Waals surface area contributed by atoms with Crippen molar-refractivity contribution < 1.29 is 9.53 Å². The number of hydrogen-bond acceptors (Lipinski definition) is 2. The molecule has 1 rings (SSSR count). The Hall–Kier alpha value is -1.06. The zero-order valence-electron chi connectivity index (χ0n) is 12.0. The van der Waals surface area contributed by atoms with Crippen molar-refractivity contribution in [2.45, 2.75) is 25.1 Å². The van der Waals surface area contributed by atoms with Crippen LogP contribution in [0.1, 0.15) is 35.7 Å². The van der Waals surface area contributed by atoms with Gasteiger partial charge in [0.15, 0.2) is 0 Å². The van der Waals surface area contributed by atoms with E-state index < -0.39 is 0 Å². The van der Waals surface area contributed by atoms with Gasteiger partial charge in [-0.3, -0.25) is 4.79 Å². The molecule has 0 aromatic heterocycles. The van der Waals surface area contributed by atoms with Crippen LogP contribution in [-0.4, -0.2) is 43.5 Å². The van der Waals surface area contributed by atoms with Gasteiger partial charge in [0.05, 0.1) is 12.0 Å². The highest BCUT2D eigenvalue weighted by molar-refractivity contribution is 6.21. The molecule has 1 atom stereocenters. The number of nitrogens with zero attached hydrogens (tertiary/aromatic N) is 1. The van der Waals surface area contributed by atoms with Gasteiger partial charge in [-0.15, -0.1) is 11.6 Å². The molecule has 0 saturated heterocycles. The van der Waals surface area contributed by atoms with Crippen LogP contribution in [0.4, 0.5) is 0 Å². The maximum atomic E-state index is 12.2. The molecule has 1 unspecified atom stereocenters. The minimum Gasteiger partial charge on any atom is -0.383 e. The quantitative estimate of drug-likeness (QED) is 0.751. The third-order valence-electron chi connectivity index (χ3n) is 2.99. The predicted molar refractivity (Wildman–Crippen MR) is 79.0 cm³/mol. The highest BCUT2D eigenvalue weighted by atomic mass is 35.5. The van der Waals surface area contributed by atoms with Crippen LogP contribution in [-0.2, 0) is 4.74 Å². The van der Waals surface area contributed by atoms with Gasteiger partial charge in [-0.2, -0.15) is 0 Å². The number of carbonyl (C=O) groups is 1. The molecule has 19 heavy (non-hydrogen) atoms. The molecule has 0 aliphatic carbocycles. The molecule has 3 nitrogen and oxygen atoms in total. The minimum atomic E-state index is -0.186. The lowest BCUT2D eigenvalue weighted by Crippen LogP contribution is -2.33. The van der Waals surface area contributed by atoms with Crippen molar-refractivity contribution in [2.75, 3.05) is 27.3 Å². The monoisotopic (exact) mass is 283 g/mol. The van der Waals surface area contributed by atoms with E-state index in [1.54, 1.807) is 19.1 Å². The van der Waals surface area contributed by atoms with Crippen molar-refractivity contribution in [1.82, 2.24) is 4.90 Å². The van der Waals surface area contributed by atoms with E-state index in [1.807, 2.05) is 24.3 Å². The second-order valence-electron chi connectivity index (χ2n) is 5.02. The van der Waals surface area contributed by atoms with Crippen LogP contribution in [0.25, 0.3) is 0 Å². The van der Waals surface area contributed by atoms with Crippen LogP contribution < -0.4 is 0 Å². The summed E-state index contributed by atoms with van der Waals surface area (Å²) < 4.78 is 4.96. The van der Waals surface area contributed by atoms with E-state index in [9.17, 15) is 4.79 Å². The summed E-state index contributed by atoms with van der Waals surface area (Å²) in [5.41, 5.74) is 1.92. The Bertz CT molecular complexity index is 403. The molecule has 0 heterocycles. The fourth-order valence-corrected chi connectivity index (χ4v) is 2.18. The number of methoxy groups -OCH3 is 1. The standard InChI is InChI=1S/C15H22ClNO2/c1-11(2)12-5-7-13(8-6-12)15(18)17(3)9-14(16)10-19-4/h5-8,11,14H,9-10H2,1-4H3. The Morgan fingerprint density at radius 1 is 1.32 bits per heavy atom. The van der Waals surface area contributed by atoms with Gasteiger partial charge < -0.3 is 9.64 Å². The molecule has 0 aliphatic heterocycles. The first-order valence-corrected chi connectivity index (χ1v) is 6.87. The smallest absolute Gasteiger partial charge is 0.253 e. The number of rotatable bonds is 6. The second-order valence-corrected chi connectivity index (χ2v) is 5.63. The van der Waals surface area contributed by atoms with E-state index in [-0.39, 0.29) is 11.3 Å². The van der Waals surface area contributed by atoms with Crippen LogP contribution in [0.2, 0.25) is 0 Å². The molecular weight excluding hydrogens is 262 g/mol. The summed E-state index contributed by atoms with van der Waals surface area (Å²) in [6.45, 7) is 5.17. The third-order valence-corrected chi connectivity index (χ3v) is 3.25. The summed E-state index contributed by atoms with van der Waals surface area (Å²) in [5, 5.41) is -0.186. The van der Waals surface area contributed by atoms with Crippen molar-refractivity contribution in [2.24, 2.45) is 0 Å². The molecule has 0 aliphatic rings. The normalized spacial score (nSPS) is 12.5. The lowest BCUT2D eigenvalue weighted by molar-refractivity contribution is 0.0781. The van der Waals surface area contributed by atoms with Crippen molar-refractivity contribution in [3.8, 4) is 0 Å². The van der Waals surface area contributed by atoms with Crippen molar-refractivity contribution in [3.63, 3.8) is 0 Å². The highest BCUT2D eigenvalue weighted by Gasteiger charge is 2.15. The van der Waals surface area contributed by atoms with E-state index in [4.69, 9.17) is 16.3 Å². The third kappa shape index (κ3) is 4.84. The fourth-order valence-electron chi connectivity index (χ4n) is 1.84. The zero-order chi connectivity index (χ0) is 14.4. The van der Waals surface area contributed by atoms with E-state index in [0.29, 0.717) is 24.6 Å². The van der Waals surface area contributed by atoms with Crippen molar-refractivity contribution >= 4 is 17.5 Å². The fraction of sp³-hybridized carbons (Fsp3) is 0.533. The summed E-state index contributed by atoms with van der Waals surface area (Å²) in [6.07, 6.45) is 0. The van der Waals surface area contributed by atoms with Gasteiger partial charge in [-0.05, 0) is 23.6 Å². The molecular formula is C15H22ClNO2. The second kappa shape index (κ2) is 7.51. The van der Waals surface area contributed by atoms with Crippen molar-refractivity contribution in [1.29, 1.82) is 0 Å². The number of benzene rings is 1. The van der Waals surface area contributed by atoms with E-state index in [1.165, 1.54) is 5.56 Å². The van der Waals surface area contributed by atoms with Crippen LogP contribution in [0.3, 0.4) is 0 Å². The van der Waals surface area contributed by atoms with Crippen LogP contribution in [0.5, 0.6) is 0 Å². The maximum absolute atomic E-state index is 12.2. The van der Waals surface area contributed by atoms with Gasteiger partial charge in [0.2, 0.25) is 0 Å². The van der Waals surface area contributed by atoms with Crippen LogP contribution in [0.15, 0.2) is 24.3 Å². The number of halogens is 1. The first-order valence-electron chi connectivity index (χ1n) is 6.44. The number of carbonyl (C=O) groups excluding carboxylic acids is 1. The molecule has 0 saturated carbocycles. The lowest BCUT2D eigenvalue weighted by atomic mass is 10.0. The number of ether oxygens (including phenoxy) is 1. The van der Waals surface area contributed by atoms with E-state index in [2.05, 4.69) is 13.8 Å². The first kappa shape index (κ1) is 16.0. The molecule has 0 bridgehead atoms. The Morgan fingerprint density at radius 3 is 2.37 bits per heavy atom. The molecule has 0 spiro atoms. The molecule has 1 aromatic carbocycles. The van der Waals surface area contributed by atoms with Gasteiger partial charge in [0, 0.05) is 26.3 Å². The molecule has 0 radical (unpaired) electrons. The number of hydrogen-bond donors (Lipinski definition) is 0. The predicted octanol–water partition coefficient (Wildman–Crippen LogP) is 3.14. The Labute approximate surface area is 120 Å². The Kier molecular flexibility index (Phi) is 6.32. The SMILES string of the molecule is COCC(Cl)CN(C)C(=O)c1ccc(C(C)C)cc1. The van der Waals surface area contributed by atoms with E-state index in [0.717, 1.165) is 0 Å². The van der Waals surface area contributed by atoms with Gasteiger partial charge in [0.25, 0.3) is 5.91 Å². The Balaban J connectivity index is 2.66. The summed E-state index contributed by atoms with van der Waals surface area (Å²) in [5.74, 6) is 0.452. The van der Waals surface area contributed by atoms with Crippen LogP contribution in [0, 0.1) is 0 Å². The lowest BCUT2D eigenvalue weighted by Gasteiger charge is -2.20. The summed E-state index contributed by atoms with van der Waals surface area (Å²) in [6, 6.07) is 7.74. The van der Waals surface area contributed by atoms with Crippen LogP contribution >= 0.6 is 11.6 Å². The number of amides is 1. The van der Waals surface area contributed by atoms with Gasteiger partial charge in [-0.1, -0.05) is 26.0 Å². The molecule has 4 heteroatoms. The molecule has 106 valence electrons. The molecule has 1 amide bonds. The minimum absolute atomic E-state index is 0.0166. The largest absolute Gasteiger partial charge is 0.383 e. The molecule has 1 aromatic rings. The van der Waals surface area contributed by atoms with Gasteiger partial charge in [-0.25, -0.2) is 0 Å². The van der Waals surface area contributed by atoms with Crippen molar-refractivity contribution in [3.05, 3.63) is 35.4 Å². The topological polar surface area (TPSA) is 29.5 Å². The summed E-state index contributed by atoms with van der Waals surface area (Å²) in [7, 11) is 3.35.